The molecular weight excluding hydrogens is 222 g/mol. The summed E-state index contributed by atoms with van der Waals surface area (Å²) >= 11 is 5.67. The van der Waals surface area contributed by atoms with Crippen LogP contribution in [0.2, 0.25) is 5.02 Å². The molecular formula is C9H10ClNO4. The third-order valence-electron chi connectivity index (χ3n) is 2.07. The number of carbonyl (C=O) groups is 2. The summed E-state index contributed by atoms with van der Waals surface area (Å²) in [5.41, 5.74) is 0. The molecule has 0 aliphatic rings. The number of furan rings is 1. The number of aliphatic carboxylic acids is 1. The van der Waals surface area contributed by atoms with Gasteiger partial charge >= 0.3 is 5.97 Å². The molecule has 0 aliphatic carbocycles. The largest absolute Gasteiger partial charge is 0.480 e. The summed E-state index contributed by atoms with van der Waals surface area (Å²) in [4.78, 5) is 23.3. The zero-order valence-corrected chi connectivity index (χ0v) is 8.99. The fraction of sp³-hybridized carbons (Fsp3) is 0.333. The maximum absolute atomic E-state index is 11.7. The number of carbonyl (C=O) groups excluding carboxylic acids is 1. The van der Waals surface area contributed by atoms with Crippen LogP contribution in [0.1, 0.15) is 17.5 Å². The van der Waals surface area contributed by atoms with Crippen molar-refractivity contribution in [2.75, 3.05) is 7.05 Å². The SMILES string of the molecule is CC(C(=O)O)N(C)C(=O)c1occc1Cl. The van der Waals surface area contributed by atoms with Crippen molar-refractivity contribution in [2.24, 2.45) is 0 Å². The maximum Gasteiger partial charge on any atom is 0.326 e. The van der Waals surface area contributed by atoms with E-state index in [4.69, 9.17) is 21.1 Å². The van der Waals surface area contributed by atoms with Crippen LogP contribution in [0.4, 0.5) is 0 Å². The van der Waals surface area contributed by atoms with Gasteiger partial charge in [0.15, 0.2) is 0 Å². The quantitative estimate of drug-likeness (QED) is 0.855. The number of carboxylic acids is 1. The molecule has 1 unspecified atom stereocenters. The number of nitrogens with zero attached hydrogens (tertiary/aromatic N) is 1. The summed E-state index contributed by atoms with van der Waals surface area (Å²) in [5.74, 6) is -1.69. The molecule has 1 N–H and O–H groups in total. The van der Waals surface area contributed by atoms with Crippen LogP contribution < -0.4 is 0 Å². The minimum Gasteiger partial charge on any atom is -0.480 e. The highest BCUT2D eigenvalue weighted by molar-refractivity contribution is 6.33. The molecule has 1 heterocycles. The molecule has 1 aromatic heterocycles. The number of hydrogen-bond acceptors (Lipinski definition) is 3. The zero-order chi connectivity index (χ0) is 11.6. The van der Waals surface area contributed by atoms with E-state index in [2.05, 4.69) is 0 Å². The van der Waals surface area contributed by atoms with Crippen molar-refractivity contribution >= 4 is 23.5 Å². The van der Waals surface area contributed by atoms with Crippen molar-refractivity contribution in [3.8, 4) is 0 Å². The van der Waals surface area contributed by atoms with Gasteiger partial charge in [-0.05, 0) is 13.0 Å². The van der Waals surface area contributed by atoms with E-state index in [1.165, 1.54) is 26.3 Å². The lowest BCUT2D eigenvalue weighted by atomic mass is 10.3. The molecule has 6 heteroatoms. The Morgan fingerprint density at radius 2 is 2.20 bits per heavy atom. The van der Waals surface area contributed by atoms with Crippen molar-refractivity contribution < 1.29 is 19.1 Å². The van der Waals surface area contributed by atoms with E-state index in [1.54, 1.807) is 0 Å². The van der Waals surface area contributed by atoms with Gasteiger partial charge in [0.25, 0.3) is 5.91 Å². The van der Waals surface area contributed by atoms with Gasteiger partial charge in [-0.1, -0.05) is 11.6 Å². The van der Waals surface area contributed by atoms with Gasteiger partial charge in [-0.25, -0.2) is 4.79 Å². The monoisotopic (exact) mass is 231 g/mol. The van der Waals surface area contributed by atoms with E-state index in [-0.39, 0.29) is 10.8 Å². The third-order valence-corrected chi connectivity index (χ3v) is 2.37. The first-order valence-corrected chi connectivity index (χ1v) is 4.56. The molecule has 82 valence electrons. The summed E-state index contributed by atoms with van der Waals surface area (Å²) in [6, 6.07) is 0.493. The lowest BCUT2D eigenvalue weighted by molar-refractivity contribution is -0.141. The average Bonchev–Trinajstić information content (AvgIpc) is 2.60. The van der Waals surface area contributed by atoms with Crippen molar-refractivity contribution in [2.45, 2.75) is 13.0 Å². The standard InChI is InChI=1S/C9H10ClNO4/c1-5(9(13)14)11(2)8(12)7-6(10)3-4-15-7/h3-5H,1-2H3,(H,13,14). The molecule has 5 nitrogen and oxygen atoms in total. The first kappa shape index (κ1) is 11.6. The third kappa shape index (κ3) is 2.30. The van der Waals surface area contributed by atoms with Crippen molar-refractivity contribution in [3.63, 3.8) is 0 Å². The van der Waals surface area contributed by atoms with Gasteiger partial charge in [-0.3, -0.25) is 4.79 Å². The predicted molar refractivity (Wildman–Crippen MR) is 52.9 cm³/mol. The van der Waals surface area contributed by atoms with Gasteiger partial charge in [0, 0.05) is 7.05 Å². The van der Waals surface area contributed by atoms with Crippen LogP contribution >= 0.6 is 11.6 Å². The Morgan fingerprint density at radius 3 is 2.60 bits per heavy atom. The Labute approximate surface area is 91.2 Å². The van der Waals surface area contributed by atoms with Gasteiger partial charge in [0.2, 0.25) is 5.76 Å². The molecule has 0 radical (unpaired) electrons. The number of hydrogen-bond donors (Lipinski definition) is 1. The molecule has 1 atom stereocenters. The fourth-order valence-electron chi connectivity index (χ4n) is 0.948. The van der Waals surface area contributed by atoms with Gasteiger partial charge in [-0.2, -0.15) is 0 Å². The van der Waals surface area contributed by atoms with Crippen LogP contribution in [0.5, 0.6) is 0 Å². The van der Waals surface area contributed by atoms with Gasteiger partial charge in [0.1, 0.15) is 6.04 Å². The number of likely N-dealkylation sites (N-methyl/N-ethyl adjacent to an activating group) is 1. The number of halogens is 1. The Kier molecular flexibility index (Phi) is 3.36. The van der Waals surface area contributed by atoms with E-state index in [0.717, 1.165) is 4.90 Å². The maximum atomic E-state index is 11.7. The molecule has 1 rings (SSSR count). The van der Waals surface area contributed by atoms with E-state index in [0.29, 0.717) is 0 Å². The Balaban J connectivity index is 2.86. The Hall–Kier alpha value is -1.49. The van der Waals surface area contributed by atoms with E-state index in [1.807, 2.05) is 0 Å². The number of amides is 1. The van der Waals surface area contributed by atoms with E-state index >= 15 is 0 Å². The minimum absolute atomic E-state index is 0.0488. The molecule has 1 amide bonds. The van der Waals surface area contributed by atoms with Gasteiger partial charge in [0.05, 0.1) is 11.3 Å². The second kappa shape index (κ2) is 4.35. The summed E-state index contributed by atoms with van der Waals surface area (Å²) in [7, 11) is 1.37. The fourth-order valence-corrected chi connectivity index (χ4v) is 1.12. The second-order valence-corrected chi connectivity index (χ2v) is 3.44. The van der Waals surface area contributed by atoms with Crippen LogP contribution in [0.3, 0.4) is 0 Å². The lowest BCUT2D eigenvalue weighted by Crippen LogP contribution is -2.40. The molecule has 0 aliphatic heterocycles. The first-order valence-electron chi connectivity index (χ1n) is 4.18. The van der Waals surface area contributed by atoms with Gasteiger partial charge < -0.3 is 14.4 Å². The summed E-state index contributed by atoms with van der Waals surface area (Å²) in [6.07, 6.45) is 1.27. The molecule has 15 heavy (non-hydrogen) atoms. The molecule has 0 fully saturated rings. The predicted octanol–water partition coefficient (Wildman–Crippen LogP) is 1.48. The highest BCUT2D eigenvalue weighted by Crippen LogP contribution is 2.18. The molecule has 0 bridgehead atoms. The molecule has 0 aromatic carbocycles. The topological polar surface area (TPSA) is 70.8 Å². The summed E-state index contributed by atoms with van der Waals surface area (Å²) < 4.78 is 4.86. The Bertz CT molecular complexity index is 387. The van der Waals surface area contributed by atoms with Crippen molar-refractivity contribution in [3.05, 3.63) is 23.1 Å². The molecule has 0 saturated heterocycles. The van der Waals surface area contributed by atoms with Crippen LogP contribution in [0.25, 0.3) is 0 Å². The average molecular weight is 232 g/mol. The van der Waals surface area contributed by atoms with E-state index < -0.39 is 17.9 Å². The molecule has 1 aromatic rings. The second-order valence-electron chi connectivity index (χ2n) is 3.03. The molecule has 0 saturated carbocycles. The molecule has 0 spiro atoms. The van der Waals surface area contributed by atoms with Crippen LogP contribution in [-0.4, -0.2) is 35.0 Å². The minimum atomic E-state index is -1.09. The smallest absolute Gasteiger partial charge is 0.326 e. The highest BCUT2D eigenvalue weighted by Gasteiger charge is 2.26. The van der Waals surface area contributed by atoms with Crippen LogP contribution in [-0.2, 0) is 4.79 Å². The van der Waals surface area contributed by atoms with E-state index in [9.17, 15) is 9.59 Å². The van der Waals surface area contributed by atoms with Crippen molar-refractivity contribution in [1.29, 1.82) is 0 Å². The van der Waals surface area contributed by atoms with Gasteiger partial charge in [-0.15, -0.1) is 0 Å². The first-order chi connectivity index (χ1) is 6.95. The summed E-state index contributed by atoms with van der Waals surface area (Å²) in [5, 5.41) is 8.88. The number of carboxylic acid groups (broad SMARTS) is 1. The van der Waals surface area contributed by atoms with Crippen LogP contribution in [0, 0.1) is 0 Å². The highest BCUT2D eigenvalue weighted by atomic mass is 35.5. The van der Waals surface area contributed by atoms with Crippen LogP contribution in [0.15, 0.2) is 16.7 Å². The van der Waals surface area contributed by atoms with Crippen molar-refractivity contribution in [1.82, 2.24) is 4.90 Å². The normalized spacial score (nSPS) is 12.2. The lowest BCUT2D eigenvalue weighted by Gasteiger charge is -2.20. The number of rotatable bonds is 3. The zero-order valence-electron chi connectivity index (χ0n) is 8.23. The summed E-state index contributed by atoms with van der Waals surface area (Å²) in [6.45, 7) is 1.40. The Morgan fingerprint density at radius 1 is 1.60 bits per heavy atom.